The number of nitrogens with zero attached hydrogens (tertiary/aromatic N) is 3. The number of aromatic nitrogens is 3. The average Bonchev–Trinajstić information content (AvgIpc) is 2.97. The van der Waals surface area contributed by atoms with Crippen molar-refractivity contribution >= 4 is 10.8 Å². The first-order valence-electron chi connectivity index (χ1n) is 6.73. The van der Waals surface area contributed by atoms with Crippen molar-refractivity contribution in [2.75, 3.05) is 0 Å². The predicted octanol–water partition coefficient (Wildman–Crippen LogP) is 3.08. The van der Waals surface area contributed by atoms with Gasteiger partial charge in [-0.05, 0) is 17.9 Å². The molecule has 0 bridgehead atoms. The van der Waals surface area contributed by atoms with E-state index in [9.17, 15) is 0 Å². The molecule has 0 radical (unpaired) electrons. The van der Waals surface area contributed by atoms with Gasteiger partial charge in [0, 0.05) is 11.6 Å². The lowest BCUT2D eigenvalue weighted by Crippen LogP contribution is -2.11. The first kappa shape index (κ1) is 12.7. The number of pyridine rings is 1. The second-order valence-corrected chi connectivity index (χ2v) is 4.73. The van der Waals surface area contributed by atoms with Crippen LogP contribution in [0.25, 0.3) is 22.4 Å². The zero-order valence-electron chi connectivity index (χ0n) is 11.3. The van der Waals surface area contributed by atoms with E-state index < -0.39 is 0 Å². The molecule has 2 aromatic heterocycles. The second kappa shape index (κ2) is 5.38. The van der Waals surface area contributed by atoms with E-state index in [-0.39, 0.29) is 6.04 Å². The Morgan fingerprint density at radius 2 is 2.10 bits per heavy atom. The molecule has 0 amide bonds. The Kier molecular flexibility index (Phi) is 3.43. The fraction of sp³-hybridized carbons (Fsp3) is 0.267. The van der Waals surface area contributed by atoms with Gasteiger partial charge >= 0.3 is 0 Å². The Morgan fingerprint density at radius 1 is 1.25 bits per heavy atom. The van der Waals surface area contributed by atoms with E-state index in [1.54, 1.807) is 6.20 Å². The number of nitrogens with two attached hydrogens (primary N) is 1. The summed E-state index contributed by atoms with van der Waals surface area (Å²) in [5.41, 5.74) is 6.70. The zero-order valence-corrected chi connectivity index (χ0v) is 11.3. The first-order valence-corrected chi connectivity index (χ1v) is 6.73. The summed E-state index contributed by atoms with van der Waals surface area (Å²) >= 11 is 0. The summed E-state index contributed by atoms with van der Waals surface area (Å²) in [6.07, 6.45) is 3.56. The third-order valence-electron chi connectivity index (χ3n) is 3.25. The van der Waals surface area contributed by atoms with Crippen LogP contribution in [0, 0.1) is 0 Å². The van der Waals surface area contributed by atoms with Gasteiger partial charge in [-0.2, -0.15) is 4.98 Å². The third-order valence-corrected chi connectivity index (χ3v) is 3.25. The van der Waals surface area contributed by atoms with E-state index in [4.69, 9.17) is 10.3 Å². The van der Waals surface area contributed by atoms with Gasteiger partial charge in [0.25, 0.3) is 5.89 Å². The molecule has 0 aliphatic carbocycles. The van der Waals surface area contributed by atoms with Crippen molar-refractivity contribution in [1.29, 1.82) is 0 Å². The Labute approximate surface area is 116 Å². The topological polar surface area (TPSA) is 77.8 Å². The lowest BCUT2D eigenvalue weighted by atomic mass is 10.1. The molecule has 0 aliphatic heterocycles. The summed E-state index contributed by atoms with van der Waals surface area (Å²) in [5, 5.41) is 6.05. The minimum Gasteiger partial charge on any atom is -0.332 e. The molecule has 20 heavy (non-hydrogen) atoms. The maximum atomic E-state index is 6.00. The number of hydrogen-bond acceptors (Lipinski definition) is 5. The van der Waals surface area contributed by atoms with Crippen molar-refractivity contribution < 1.29 is 4.52 Å². The SMILES string of the molecule is CCCC(N)c1noc(-c2nccc3ccccc23)n1. The molecule has 0 aliphatic rings. The normalized spacial score (nSPS) is 12.7. The zero-order chi connectivity index (χ0) is 13.9. The molecular weight excluding hydrogens is 252 g/mol. The highest BCUT2D eigenvalue weighted by molar-refractivity contribution is 5.92. The molecule has 2 heterocycles. The Hall–Kier alpha value is -2.27. The molecule has 1 atom stereocenters. The highest BCUT2D eigenvalue weighted by atomic mass is 16.5. The van der Waals surface area contributed by atoms with Gasteiger partial charge < -0.3 is 10.3 Å². The van der Waals surface area contributed by atoms with E-state index in [2.05, 4.69) is 22.0 Å². The van der Waals surface area contributed by atoms with Crippen LogP contribution in [-0.2, 0) is 0 Å². The van der Waals surface area contributed by atoms with E-state index >= 15 is 0 Å². The van der Waals surface area contributed by atoms with Gasteiger partial charge in [0.2, 0.25) is 0 Å². The molecule has 3 aromatic rings. The highest BCUT2D eigenvalue weighted by Crippen LogP contribution is 2.25. The lowest BCUT2D eigenvalue weighted by molar-refractivity contribution is 0.412. The summed E-state index contributed by atoms with van der Waals surface area (Å²) in [4.78, 5) is 8.74. The minimum absolute atomic E-state index is 0.188. The largest absolute Gasteiger partial charge is 0.332 e. The molecule has 1 aromatic carbocycles. The van der Waals surface area contributed by atoms with E-state index in [1.165, 1.54) is 0 Å². The first-order chi connectivity index (χ1) is 9.79. The third kappa shape index (κ3) is 2.28. The van der Waals surface area contributed by atoms with Crippen LogP contribution in [0.2, 0.25) is 0 Å². The van der Waals surface area contributed by atoms with Crippen LogP contribution in [0.15, 0.2) is 41.1 Å². The molecule has 0 saturated heterocycles. The molecular formula is C15H16N4O. The van der Waals surface area contributed by atoms with Crippen LogP contribution >= 0.6 is 0 Å². The Bertz CT molecular complexity index is 717. The molecule has 2 N–H and O–H groups in total. The minimum atomic E-state index is -0.188. The van der Waals surface area contributed by atoms with Gasteiger partial charge in [-0.15, -0.1) is 0 Å². The van der Waals surface area contributed by atoms with Gasteiger partial charge in [0.05, 0.1) is 6.04 Å². The molecule has 0 spiro atoms. The molecule has 102 valence electrons. The van der Waals surface area contributed by atoms with Crippen molar-refractivity contribution in [1.82, 2.24) is 15.1 Å². The Balaban J connectivity index is 2.03. The second-order valence-electron chi connectivity index (χ2n) is 4.73. The van der Waals surface area contributed by atoms with Crippen molar-refractivity contribution in [2.24, 2.45) is 5.73 Å². The highest BCUT2D eigenvalue weighted by Gasteiger charge is 2.16. The van der Waals surface area contributed by atoms with Gasteiger partial charge in [-0.3, -0.25) is 4.98 Å². The quantitative estimate of drug-likeness (QED) is 0.786. The summed E-state index contributed by atoms with van der Waals surface area (Å²) in [6, 6.07) is 9.75. The van der Waals surface area contributed by atoms with E-state index in [1.807, 2.05) is 30.3 Å². The van der Waals surface area contributed by atoms with Gasteiger partial charge in [-0.1, -0.05) is 42.8 Å². The Morgan fingerprint density at radius 3 is 2.95 bits per heavy atom. The van der Waals surface area contributed by atoms with E-state index in [0.717, 1.165) is 23.6 Å². The van der Waals surface area contributed by atoms with Crippen LogP contribution < -0.4 is 5.73 Å². The molecule has 1 unspecified atom stereocenters. The lowest BCUT2D eigenvalue weighted by Gasteiger charge is -2.03. The summed E-state index contributed by atoms with van der Waals surface area (Å²) in [7, 11) is 0. The molecule has 0 fully saturated rings. The number of rotatable bonds is 4. The average molecular weight is 268 g/mol. The number of benzene rings is 1. The van der Waals surface area contributed by atoms with Gasteiger partial charge in [-0.25, -0.2) is 0 Å². The van der Waals surface area contributed by atoms with Gasteiger partial charge in [0.15, 0.2) is 5.82 Å². The maximum Gasteiger partial charge on any atom is 0.277 e. The summed E-state index contributed by atoms with van der Waals surface area (Å²) in [5.74, 6) is 0.958. The fourth-order valence-electron chi connectivity index (χ4n) is 2.21. The molecule has 3 rings (SSSR count). The summed E-state index contributed by atoms with van der Waals surface area (Å²) in [6.45, 7) is 2.08. The van der Waals surface area contributed by atoms with Crippen LogP contribution in [0.1, 0.15) is 31.6 Å². The smallest absolute Gasteiger partial charge is 0.277 e. The van der Waals surface area contributed by atoms with Gasteiger partial charge in [0.1, 0.15) is 5.69 Å². The summed E-state index contributed by atoms with van der Waals surface area (Å²) < 4.78 is 5.32. The predicted molar refractivity (Wildman–Crippen MR) is 76.9 cm³/mol. The van der Waals surface area contributed by atoms with Crippen LogP contribution in [0.5, 0.6) is 0 Å². The van der Waals surface area contributed by atoms with Crippen molar-refractivity contribution in [2.45, 2.75) is 25.8 Å². The number of fused-ring (bicyclic) bond motifs is 1. The van der Waals surface area contributed by atoms with Crippen LogP contribution in [0.3, 0.4) is 0 Å². The van der Waals surface area contributed by atoms with Crippen LogP contribution in [-0.4, -0.2) is 15.1 Å². The van der Waals surface area contributed by atoms with E-state index in [0.29, 0.717) is 17.4 Å². The fourth-order valence-corrected chi connectivity index (χ4v) is 2.21. The molecule has 5 nitrogen and oxygen atoms in total. The van der Waals surface area contributed by atoms with Crippen molar-refractivity contribution in [3.05, 3.63) is 42.4 Å². The number of hydrogen-bond donors (Lipinski definition) is 1. The standard InChI is InChI=1S/C15H16N4O/c1-2-5-12(16)14-18-15(20-19-14)13-11-7-4-3-6-10(11)8-9-17-13/h3-4,6-9,12H,2,5,16H2,1H3. The van der Waals surface area contributed by atoms with Crippen LogP contribution in [0.4, 0.5) is 0 Å². The molecule has 0 saturated carbocycles. The maximum absolute atomic E-state index is 6.00. The van der Waals surface area contributed by atoms with Crippen molar-refractivity contribution in [3.8, 4) is 11.6 Å². The monoisotopic (exact) mass is 268 g/mol. The van der Waals surface area contributed by atoms with Crippen molar-refractivity contribution in [3.63, 3.8) is 0 Å². The molecule has 5 heteroatoms.